The molecule has 8 aromatic carbocycles. The highest BCUT2D eigenvalue weighted by Crippen LogP contribution is 2.51. The van der Waals surface area contributed by atoms with Crippen LogP contribution in [0.5, 0.6) is 0 Å². The van der Waals surface area contributed by atoms with Crippen LogP contribution in [0.25, 0.3) is 110 Å². The van der Waals surface area contributed by atoms with Crippen LogP contribution in [0, 0.1) is 0 Å². The summed E-state index contributed by atoms with van der Waals surface area (Å²) >= 11 is 0. The van der Waals surface area contributed by atoms with Gasteiger partial charge in [0.15, 0.2) is 0 Å². The first kappa shape index (κ1) is 29.8. The number of hydrogen-bond donors (Lipinski definition) is 0. The lowest BCUT2D eigenvalue weighted by atomic mass is 9.88. The van der Waals surface area contributed by atoms with Gasteiger partial charge >= 0.3 is 0 Å². The Kier molecular flexibility index (Phi) is 5.74. The fourth-order valence-corrected chi connectivity index (χ4v) is 9.86. The van der Waals surface area contributed by atoms with Crippen molar-refractivity contribution in [1.29, 1.82) is 0 Å². The van der Waals surface area contributed by atoms with Gasteiger partial charge in [0.1, 0.15) is 0 Å². The van der Waals surface area contributed by atoms with Crippen molar-refractivity contribution in [2.75, 3.05) is 11.9 Å². The first-order valence-electron chi connectivity index (χ1n) is 18.8. The topological polar surface area (TPSA) is 18.0 Å². The van der Waals surface area contributed by atoms with Crippen LogP contribution in [0.1, 0.15) is 0 Å². The first-order valence-corrected chi connectivity index (χ1v) is 18.8. The van der Waals surface area contributed by atoms with Crippen LogP contribution in [0.15, 0.2) is 146 Å². The summed E-state index contributed by atoms with van der Waals surface area (Å²) in [6.45, 7) is 0. The molecule has 3 aromatic heterocycles. The maximum atomic E-state index is 2.44. The van der Waals surface area contributed by atoms with E-state index in [0.717, 1.165) is 0 Å². The molecule has 256 valence electrons. The molecule has 12 rings (SSSR count). The van der Waals surface area contributed by atoms with Crippen molar-refractivity contribution >= 4 is 87.6 Å². The molecule has 4 heterocycles. The first-order chi connectivity index (χ1) is 26.4. The summed E-state index contributed by atoms with van der Waals surface area (Å²) in [7, 11) is 8.77. The standard InChI is InChI=1S/C50H36N4/c1-51-41-13-7-5-10-33(41)38-24-29(18-22-43(38)51)31-16-20-35-40-28-48-49(37-12-9-15-45(50(37)40)53(3)46(35)26-31)36-21-17-32(27-47(36)54(48)4)30-19-23-44-39(25-30)34-11-6-8-14-42(34)52(44)2/h5-28H,1-4H3. The predicted octanol–water partition coefficient (Wildman–Crippen LogP) is 12.9. The molecule has 0 amide bonds. The molecule has 11 aromatic rings. The maximum Gasteiger partial charge on any atom is 0.0501 e. The number of nitrogens with zero attached hydrogens (tertiary/aromatic N) is 4. The van der Waals surface area contributed by atoms with Gasteiger partial charge < -0.3 is 18.6 Å². The molecule has 0 unspecified atom stereocenters. The highest BCUT2D eigenvalue weighted by atomic mass is 15.1. The zero-order valence-electron chi connectivity index (χ0n) is 30.6. The number of rotatable bonds is 2. The summed E-state index contributed by atoms with van der Waals surface area (Å²) in [5.41, 5.74) is 17.5. The summed E-state index contributed by atoms with van der Waals surface area (Å²) in [6, 6.07) is 54.6. The van der Waals surface area contributed by atoms with E-state index in [4.69, 9.17) is 0 Å². The lowest BCUT2D eigenvalue weighted by Gasteiger charge is -2.31. The molecule has 1 aliphatic heterocycles. The Hall–Kier alpha value is -6.78. The van der Waals surface area contributed by atoms with Gasteiger partial charge in [0.05, 0.1) is 5.52 Å². The van der Waals surface area contributed by atoms with Crippen molar-refractivity contribution in [1.82, 2.24) is 13.7 Å². The Morgan fingerprint density at radius 2 is 0.833 bits per heavy atom. The van der Waals surface area contributed by atoms with Gasteiger partial charge in [-0.15, -0.1) is 0 Å². The van der Waals surface area contributed by atoms with Gasteiger partial charge in [-0.05, 0) is 93.9 Å². The Balaban J connectivity index is 1.03. The molecule has 1 aliphatic rings. The molecule has 0 fully saturated rings. The Bertz CT molecular complexity index is 3440. The Morgan fingerprint density at radius 1 is 0.296 bits per heavy atom. The van der Waals surface area contributed by atoms with Crippen LogP contribution < -0.4 is 4.90 Å². The SMILES string of the molecule is CN1c2cc(-c3ccc4c(c3)c3ccccc3n4C)ccc2-c2cc3c(c4cccc1c24)c1ccc(-c2ccc4c(c2)c2ccccc2n4C)cc1n3C. The van der Waals surface area contributed by atoms with E-state index in [1.807, 2.05) is 0 Å². The van der Waals surface area contributed by atoms with Gasteiger partial charge in [-0.25, -0.2) is 0 Å². The van der Waals surface area contributed by atoms with Crippen molar-refractivity contribution in [2.45, 2.75) is 0 Å². The van der Waals surface area contributed by atoms with E-state index >= 15 is 0 Å². The minimum Gasteiger partial charge on any atom is -0.344 e. The fourth-order valence-electron chi connectivity index (χ4n) is 9.86. The summed E-state index contributed by atoms with van der Waals surface area (Å²) in [6.07, 6.45) is 0. The zero-order chi connectivity index (χ0) is 36.0. The smallest absolute Gasteiger partial charge is 0.0501 e. The number of aromatic nitrogens is 3. The molecule has 0 atom stereocenters. The molecule has 0 radical (unpaired) electrons. The molecule has 0 N–H and O–H groups in total. The highest BCUT2D eigenvalue weighted by molar-refractivity contribution is 6.28. The monoisotopic (exact) mass is 692 g/mol. The van der Waals surface area contributed by atoms with Gasteiger partial charge in [-0.1, -0.05) is 84.9 Å². The van der Waals surface area contributed by atoms with Crippen molar-refractivity contribution in [2.24, 2.45) is 21.1 Å². The van der Waals surface area contributed by atoms with E-state index in [0.29, 0.717) is 0 Å². The summed E-state index contributed by atoms with van der Waals surface area (Å²) in [4.78, 5) is 2.39. The molecular formula is C50H36N4. The lowest BCUT2D eigenvalue weighted by molar-refractivity contribution is 1.01. The minimum atomic E-state index is 1.23. The van der Waals surface area contributed by atoms with Gasteiger partial charge in [0.25, 0.3) is 0 Å². The molecular weight excluding hydrogens is 657 g/mol. The second-order valence-electron chi connectivity index (χ2n) is 15.2. The third kappa shape index (κ3) is 3.77. The van der Waals surface area contributed by atoms with E-state index in [2.05, 4.69) is 192 Å². The van der Waals surface area contributed by atoms with Crippen molar-refractivity contribution in [3.05, 3.63) is 146 Å². The molecule has 4 nitrogen and oxygen atoms in total. The van der Waals surface area contributed by atoms with Crippen molar-refractivity contribution in [3.63, 3.8) is 0 Å². The van der Waals surface area contributed by atoms with Gasteiger partial charge in [-0.3, -0.25) is 0 Å². The highest BCUT2D eigenvalue weighted by Gasteiger charge is 2.26. The molecule has 0 aliphatic carbocycles. The number of hydrogen-bond acceptors (Lipinski definition) is 1. The summed E-state index contributed by atoms with van der Waals surface area (Å²) in [5.74, 6) is 0. The van der Waals surface area contributed by atoms with Crippen LogP contribution in [0.4, 0.5) is 11.4 Å². The molecule has 4 heteroatoms. The Labute approximate surface area is 312 Å². The van der Waals surface area contributed by atoms with E-state index in [1.54, 1.807) is 0 Å². The number of fused-ring (bicyclic) bond motifs is 12. The molecule has 0 bridgehead atoms. The molecule has 0 spiro atoms. The average Bonchev–Trinajstić information content (AvgIpc) is 3.79. The molecule has 0 saturated heterocycles. The summed E-state index contributed by atoms with van der Waals surface area (Å²) in [5, 5.41) is 10.4. The van der Waals surface area contributed by atoms with Crippen molar-refractivity contribution < 1.29 is 0 Å². The fraction of sp³-hybridized carbons (Fsp3) is 0.0800. The average molecular weight is 693 g/mol. The summed E-state index contributed by atoms with van der Waals surface area (Å²) < 4.78 is 7.00. The second kappa shape index (κ2) is 10.4. The third-order valence-corrected chi connectivity index (χ3v) is 12.6. The number of benzene rings is 8. The molecule has 54 heavy (non-hydrogen) atoms. The van der Waals surface area contributed by atoms with E-state index in [9.17, 15) is 0 Å². The van der Waals surface area contributed by atoms with E-state index in [1.165, 1.54) is 121 Å². The normalized spacial score (nSPS) is 12.8. The third-order valence-electron chi connectivity index (χ3n) is 12.6. The van der Waals surface area contributed by atoms with Crippen LogP contribution in [-0.2, 0) is 21.1 Å². The van der Waals surface area contributed by atoms with Crippen molar-refractivity contribution in [3.8, 4) is 33.4 Å². The van der Waals surface area contributed by atoms with E-state index < -0.39 is 0 Å². The Morgan fingerprint density at radius 3 is 1.52 bits per heavy atom. The van der Waals surface area contributed by atoms with Gasteiger partial charge in [0, 0.05) is 110 Å². The van der Waals surface area contributed by atoms with Crippen LogP contribution in [0.3, 0.4) is 0 Å². The number of aryl methyl sites for hydroxylation is 3. The lowest BCUT2D eigenvalue weighted by Crippen LogP contribution is -2.15. The predicted molar refractivity (Wildman–Crippen MR) is 230 cm³/mol. The quantitative estimate of drug-likeness (QED) is 0.176. The number of para-hydroxylation sites is 2. The molecule has 0 saturated carbocycles. The van der Waals surface area contributed by atoms with Crippen LogP contribution in [0.2, 0.25) is 0 Å². The largest absolute Gasteiger partial charge is 0.344 e. The zero-order valence-corrected chi connectivity index (χ0v) is 30.6. The van der Waals surface area contributed by atoms with E-state index in [-0.39, 0.29) is 0 Å². The number of anilines is 2. The van der Waals surface area contributed by atoms with Crippen LogP contribution >= 0.6 is 0 Å². The second-order valence-corrected chi connectivity index (χ2v) is 15.2. The van der Waals surface area contributed by atoms with Crippen LogP contribution in [-0.4, -0.2) is 20.7 Å². The van der Waals surface area contributed by atoms with Gasteiger partial charge in [-0.2, -0.15) is 0 Å². The maximum absolute atomic E-state index is 2.44. The minimum absolute atomic E-state index is 1.23. The van der Waals surface area contributed by atoms with Gasteiger partial charge in [0.2, 0.25) is 0 Å².